The van der Waals surface area contributed by atoms with E-state index in [4.69, 9.17) is 0 Å². The summed E-state index contributed by atoms with van der Waals surface area (Å²) in [6.45, 7) is 1.97. The number of ketones is 1. The van der Waals surface area contributed by atoms with E-state index in [0.717, 1.165) is 19.4 Å². The number of nitrogens with zero attached hydrogens (tertiary/aromatic N) is 2. The van der Waals surface area contributed by atoms with Gasteiger partial charge in [0.15, 0.2) is 0 Å². The van der Waals surface area contributed by atoms with Gasteiger partial charge in [0.05, 0.1) is 5.69 Å². The highest BCUT2D eigenvalue weighted by molar-refractivity contribution is 6.42. The zero-order chi connectivity index (χ0) is 17.8. The van der Waals surface area contributed by atoms with E-state index in [1.807, 2.05) is 6.07 Å². The predicted molar refractivity (Wildman–Crippen MR) is 92.6 cm³/mol. The number of rotatable bonds is 5. The topological polar surface area (TPSA) is 54.3 Å². The fourth-order valence-electron chi connectivity index (χ4n) is 3.25. The van der Waals surface area contributed by atoms with E-state index in [0.29, 0.717) is 24.3 Å². The zero-order valence-electron chi connectivity index (χ0n) is 14.2. The molecule has 1 aromatic carbocycles. The number of Topliss-reactive ketones (excluding diaryl/α,β-unsaturated/α-hetero) is 1. The van der Waals surface area contributed by atoms with Gasteiger partial charge in [-0.3, -0.25) is 14.5 Å². The van der Waals surface area contributed by atoms with Crippen molar-refractivity contribution in [1.82, 2.24) is 14.8 Å². The minimum absolute atomic E-state index is 0.0998. The first-order chi connectivity index (χ1) is 12.0. The normalized spacial score (nSPS) is 18.1. The zero-order valence-corrected chi connectivity index (χ0v) is 14.2. The molecule has 1 aliphatic rings. The van der Waals surface area contributed by atoms with Crippen LogP contribution >= 0.6 is 0 Å². The Bertz CT molecular complexity index is 772. The van der Waals surface area contributed by atoms with Gasteiger partial charge in [0.2, 0.25) is 0 Å². The third-order valence-corrected chi connectivity index (χ3v) is 4.58. The Morgan fingerprint density at radius 3 is 2.76 bits per heavy atom. The van der Waals surface area contributed by atoms with Crippen molar-refractivity contribution >= 4 is 11.7 Å². The molecule has 3 rings (SSSR count). The summed E-state index contributed by atoms with van der Waals surface area (Å²) in [5.74, 6) is -1.33. The van der Waals surface area contributed by atoms with Crippen LogP contribution in [-0.2, 0) is 18.4 Å². The Hall–Kier alpha value is -2.47. The molecule has 1 aromatic heterocycles. The lowest BCUT2D eigenvalue weighted by Crippen LogP contribution is -2.49. The predicted octanol–water partition coefficient (Wildman–Crippen LogP) is 2.13. The molecular formula is C19H22FN3O2. The molecule has 6 heteroatoms. The quantitative estimate of drug-likeness (QED) is 0.668. The number of aryl methyl sites for hydroxylation is 1. The van der Waals surface area contributed by atoms with Crippen molar-refractivity contribution in [2.45, 2.75) is 25.4 Å². The van der Waals surface area contributed by atoms with Crippen LogP contribution in [0.4, 0.5) is 4.39 Å². The highest BCUT2D eigenvalue weighted by Crippen LogP contribution is 2.16. The van der Waals surface area contributed by atoms with E-state index in [-0.39, 0.29) is 11.9 Å². The number of hydrogen-bond donors (Lipinski definition) is 1. The molecule has 0 radical (unpaired) electrons. The smallest absolute Gasteiger partial charge is 0.294 e. The van der Waals surface area contributed by atoms with Gasteiger partial charge in [0.1, 0.15) is 5.82 Å². The Morgan fingerprint density at radius 2 is 2.04 bits per heavy atom. The van der Waals surface area contributed by atoms with Crippen LogP contribution in [0.25, 0.3) is 0 Å². The average molecular weight is 343 g/mol. The number of carbonyl (C=O) groups excluding carboxylic acids is 2. The van der Waals surface area contributed by atoms with E-state index in [1.165, 1.54) is 6.07 Å². The van der Waals surface area contributed by atoms with Crippen molar-refractivity contribution in [2.24, 2.45) is 7.05 Å². The van der Waals surface area contributed by atoms with Crippen LogP contribution in [-0.4, -0.2) is 40.3 Å². The van der Waals surface area contributed by atoms with Crippen molar-refractivity contribution in [3.63, 3.8) is 0 Å². The number of piperidine rings is 1. The maximum atomic E-state index is 13.8. The molecule has 25 heavy (non-hydrogen) atoms. The van der Waals surface area contributed by atoms with E-state index in [1.54, 1.807) is 42.1 Å². The van der Waals surface area contributed by atoms with Crippen molar-refractivity contribution in [3.8, 4) is 0 Å². The molecule has 1 fully saturated rings. The van der Waals surface area contributed by atoms with E-state index in [2.05, 4.69) is 10.2 Å². The first-order valence-electron chi connectivity index (χ1n) is 8.47. The van der Waals surface area contributed by atoms with Gasteiger partial charge in [-0.15, -0.1) is 0 Å². The monoisotopic (exact) mass is 343 g/mol. The fourth-order valence-corrected chi connectivity index (χ4v) is 3.25. The first kappa shape index (κ1) is 17.4. The first-order valence-corrected chi connectivity index (χ1v) is 8.47. The van der Waals surface area contributed by atoms with Crippen molar-refractivity contribution < 1.29 is 14.0 Å². The summed E-state index contributed by atoms with van der Waals surface area (Å²) in [5, 5.41) is 2.83. The molecule has 0 bridgehead atoms. The molecule has 2 heterocycles. The van der Waals surface area contributed by atoms with Crippen molar-refractivity contribution in [3.05, 3.63) is 59.7 Å². The number of carbonyl (C=O) groups is 2. The Labute approximate surface area is 146 Å². The van der Waals surface area contributed by atoms with Crippen LogP contribution in [0.1, 0.15) is 28.9 Å². The summed E-state index contributed by atoms with van der Waals surface area (Å²) in [5.41, 5.74) is 1.02. The molecule has 0 spiro atoms. The summed E-state index contributed by atoms with van der Waals surface area (Å²) in [4.78, 5) is 26.6. The number of benzene rings is 1. The molecule has 1 saturated heterocycles. The van der Waals surface area contributed by atoms with Gasteiger partial charge in [-0.05, 0) is 37.6 Å². The summed E-state index contributed by atoms with van der Waals surface area (Å²) >= 11 is 0. The van der Waals surface area contributed by atoms with Crippen LogP contribution < -0.4 is 5.32 Å². The molecule has 2 aromatic rings. The summed E-state index contributed by atoms with van der Waals surface area (Å²) in [6, 6.07) is 9.99. The van der Waals surface area contributed by atoms with Gasteiger partial charge >= 0.3 is 0 Å². The number of halogens is 1. The summed E-state index contributed by atoms with van der Waals surface area (Å²) in [6.07, 6.45) is 3.45. The number of hydrogen-bond acceptors (Lipinski definition) is 3. The van der Waals surface area contributed by atoms with Crippen molar-refractivity contribution in [2.75, 3.05) is 13.1 Å². The molecule has 1 atom stereocenters. The third-order valence-electron chi connectivity index (χ3n) is 4.58. The molecule has 0 saturated carbocycles. The highest BCUT2D eigenvalue weighted by atomic mass is 19.1. The van der Waals surface area contributed by atoms with Gasteiger partial charge < -0.3 is 9.88 Å². The Morgan fingerprint density at radius 1 is 1.24 bits per heavy atom. The lowest BCUT2D eigenvalue weighted by molar-refractivity contribution is -0.118. The van der Waals surface area contributed by atoms with Gasteiger partial charge in [0, 0.05) is 37.9 Å². The lowest BCUT2D eigenvalue weighted by Gasteiger charge is -2.33. The molecule has 1 aliphatic heterocycles. The van der Waals surface area contributed by atoms with E-state index >= 15 is 0 Å². The summed E-state index contributed by atoms with van der Waals surface area (Å²) < 4.78 is 15.4. The number of likely N-dealkylation sites (tertiary alicyclic amines) is 1. The number of amides is 1. The Kier molecular flexibility index (Phi) is 5.28. The van der Waals surface area contributed by atoms with E-state index < -0.39 is 11.7 Å². The van der Waals surface area contributed by atoms with Gasteiger partial charge in [-0.1, -0.05) is 18.2 Å². The standard InChI is InChI=1S/C19H22FN3O2/c1-22-10-5-9-17(22)18(24)19(25)21-15-7-4-11-23(13-15)12-14-6-2-3-8-16(14)20/h2-3,5-6,8-10,15H,4,7,11-13H2,1H3,(H,21,25)/t15-/m1/s1. The fraction of sp³-hybridized carbons (Fsp3) is 0.368. The lowest BCUT2D eigenvalue weighted by atomic mass is 10.0. The van der Waals surface area contributed by atoms with Crippen LogP contribution in [0.15, 0.2) is 42.6 Å². The number of nitrogens with one attached hydrogen (secondary N) is 1. The molecule has 1 N–H and O–H groups in total. The maximum absolute atomic E-state index is 13.8. The van der Waals surface area contributed by atoms with E-state index in [9.17, 15) is 14.0 Å². The largest absolute Gasteiger partial charge is 0.348 e. The van der Waals surface area contributed by atoms with Crippen LogP contribution in [0, 0.1) is 5.82 Å². The molecule has 0 aliphatic carbocycles. The van der Waals surface area contributed by atoms with Gasteiger partial charge in [-0.25, -0.2) is 4.39 Å². The third kappa shape index (κ3) is 4.14. The highest BCUT2D eigenvalue weighted by Gasteiger charge is 2.26. The SMILES string of the molecule is Cn1cccc1C(=O)C(=O)N[C@@H]1CCCN(Cc2ccccc2F)C1. The molecule has 1 amide bonds. The second kappa shape index (κ2) is 7.61. The van der Waals surface area contributed by atoms with Crippen molar-refractivity contribution in [1.29, 1.82) is 0 Å². The van der Waals surface area contributed by atoms with Gasteiger partial charge in [-0.2, -0.15) is 0 Å². The summed E-state index contributed by atoms with van der Waals surface area (Å²) in [7, 11) is 1.73. The maximum Gasteiger partial charge on any atom is 0.294 e. The molecular weight excluding hydrogens is 321 g/mol. The van der Waals surface area contributed by atoms with Gasteiger partial charge in [0.25, 0.3) is 11.7 Å². The van der Waals surface area contributed by atoms with Crippen LogP contribution in [0.2, 0.25) is 0 Å². The van der Waals surface area contributed by atoms with Crippen LogP contribution in [0.3, 0.4) is 0 Å². The second-order valence-electron chi connectivity index (χ2n) is 6.47. The minimum atomic E-state index is -0.584. The Balaban J connectivity index is 1.58. The minimum Gasteiger partial charge on any atom is -0.348 e. The molecule has 0 unspecified atom stereocenters. The molecule has 132 valence electrons. The van der Waals surface area contributed by atoms with Crippen LogP contribution in [0.5, 0.6) is 0 Å². The second-order valence-corrected chi connectivity index (χ2v) is 6.47. The number of aromatic nitrogens is 1. The molecule has 5 nitrogen and oxygen atoms in total. The average Bonchev–Trinajstić information content (AvgIpc) is 3.02.